The Morgan fingerprint density at radius 3 is 2.50 bits per heavy atom. The second kappa shape index (κ2) is 5.81. The number of hydrogen-bond acceptors (Lipinski definition) is 2. The number of rotatable bonds is 4. The first-order valence-electron chi connectivity index (χ1n) is 4.29. The first kappa shape index (κ1) is 11.2. The standard InChI is InChI=1S/C10H18O2/c1-8(2)6-5-7-9(3)10(11)12-4/h6,9H,5,7H2,1-4H3/t9-/m0/s1. The fourth-order valence-electron chi connectivity index (χ4n) is 0.941. The van der Waals surface area contributed by atoms with Crippen LogP contribution in [0.3, 0.4) is 0 Å². The average Bonchev–Trinajstić information content (AvgIpc) is 2.02. The summed E-state index contributed by atoms with van der Waals surface area (Å²) in [6.45, 7) is 6.01. The first-order chi connectivity index (χ1) is 5.57. The molecule has 0 saturated carbocycles. The third-order valence-corrected chi connectivity index (χ3v) is 1.76. The number of carbonyl (C=O) groups is 1. The summed E-state index contributed by atoms with van der Waals surface area (Å²) in [4.78, 5) is 10.9. The minimum absolute atomic E-state index is 0.0191. The molecule has 0 heterocycles. The van der Waals surface area contributed by atoms with Gasteiger partial charge in [0.15, 0.2) is 0 Å². The van der Waals surface area contributed by atoms with Crippen LogP contribution in [0.4, 0.5) is 0 Å². The third kappa shape index (κ3) is 4.94. The fourth-order valence-corrected chi connectivity index (χ4v) is 0.941. The lowest BCUT2D eigenvalue weighted by atomic mass is 10.1. The molecule has 0 fully saturated rings. The van der Waals surface area contributed by atoms with E-state index in [4.69, 9.17) is 0 Å². The molecule has 2 heteroatoms. The van der Waals surface area contributed by atoms with Crippen LogP contribution in [0.25, 0.3) is 0 Å². The van der Waals surface area contributed by atoms with Gasteiger partial charge in [-0.25, -0.2) is 0 Å². The molecule has 2 nitrogen and oxygen atoms in total. The van der Waals surface area contributed by atoms with Crippen molar-refractivity contribution in [3.05, 3.63) is 11.6 Å². The Balaban J connectivity index is 3.64. The topological polar surface area (TPSA) is 26.3 Å². The van der Waals surface area contributed by atoms with Gasteiger partial charge in [-0.05, 0) is 26.7 Å². The molecule has 70 valence electrons. The Labute approximate surface area is 74.6 Å². The highest BCUT2D eigenvalue weighted by atomic mass is 16.5. The minimum Gasteiger partial charge on any atom is -0.469 e. The maximum Gasteiger partial charge on any atom is 0.308 e. The largest absolute Gasteiger partial charge is 0.469 e. The highest BCUT2D eigenvalue weighted by molar-refractivity contribution is 5.71. The van der Waals surface area contributed by atoms with Gasteiger partial charge in [0.1, 0.15) is 0 Å². The lowest BCUT2D eigenvalue weighted by Gasteiger charge is -2.06. The molecule has 0 radical (unpaired) electrons. The molecular formula is C10H18O2. The molecule has 0 aromatic carbocycles. The molecule has 0 bridgehead atoms. The van der Waals surface area contributed by atoms with Crippen molar-refractivity contribution in [2.75, 3.05) is 7.11 Å². The molecule has 0 aliphatic carbocycles. The van der Waals surface area contributed by atoms with Crippen molar-refractivity contribution in [3.63, 3.8) is 0 Å². The van der Waals surface area contributed by atoms with E-state index in [2.05, 4.69) is 24.7 Å². The maximum absolute atomic E-state index is 10.9. The zero-order valence-corrected chi connectivity index (χ0v) is 8.39. The third-order valence-electron chi connectivity index (χ3n) is 1.76. The van der Waals surface area contributed by atoms with E-state index in [9.17, 15) is 4.79 Å². The molecule has 0 aromatic heterocycles. The van der Waals surface area contributed by atoms with Crippen LogP contribution in [0.15, 0.2) is 11.6 Å². The van der Waals surface area contributed by atoms with E-state index >= 15 is 0 Å². The fraction of sp³-hybridized carbons (Fsp3) is 0.700. The Bertz CT molecular complexity index is 167. The van der Waals surface area contributed by atoms with E-state index in [-0.39, 0.29) is 11.9 Å². The SMILES string of the molecule is COC(=O)[C@@H](C)CCC=C(C)C. The van der Waals surface area contributed by atoms with Crippen molar-refractivity contribution in [1.82, 2.24) is 0 Å². The molecule has 0 spiro atoms. The molecule has 0 aliphatic heterocycles. The molecular weight excluding hydrogens is 152 g/mol. The highest BCUT2D eigenvalue weighted by Crippen LogP contribution is 2.08. The van der Waals surface area contributed by atoms with Crippen molar-refractivity contribution in [3.8, 4) is 0 Å². The monoisotopic (exact) mass is 170 g/mol. The summed E-state index contributed by atoms with van der Waals surface area (Å²) in [6.07, 6.45) is 3.97. The predicted octanol–water partition coefficient (Wildman–Crippen LogP) is 2.54. The van der Waals surface area contributed by atoms with E-state index in [0.29, 0.717) is 0 Å². The van der Waals surface area contributed by atoms with Gasteiger partial charge in [0.25, 0.3) is 0 Å². The predicted molar refractivity (Wildman–Crippen MR) is 49.8 cm³/mol. The highest BCUT2D eigenvalue weighted by Gasteiger charge is 2.10. The van der Waals surface area contributed by atoms with E-state index in [1.165, 1.54) is 12.7 Å². The average molecular weight is 170 g/mol. The van der Waals surface area contributed by atoms with E-state index < -0.39 is 0 Å². The Morgan fingerprint density at radius 2 is 2.08 bits per heavy atom. The summed E-state index contributed by atoms with van der Waals surface area (Å²) < 4.78 is 4.61. The molecule has 0 amide bonds. The van der Waals surface area contributed by atoms with Gasteiger partial charge in [-0.1, -0.05) is 18.6 Å². The van der Waals surface area contributed by atoms with Gasteiger partial charge in [0.05, 0.1) is 13.0 Å². The quantitative estimate of drug-likeness (QED) is 0.478. The lowest BCUT2D eigenvalue weighted by molar-refractivity contribution is -0.144. The first-order valence-corrected chi connectivity index (χ1v) is 4.29. The smallest absolute Gasteiger partial charge is 0.308 e. The summed E-state index contributed by atoms with van der Waals surface area (Å²) in [5, 5.41) is 0. The van der Waals surface area contributed by atoms with Crippen LogP contribution in [0.1, 0.15) is 33.6 Å². The van der Waals surface area contributed by atoms with E-state index in [0.717, 1.165) is 12.8 Å². The molecule has 0 aliphatic rings. The lowest BCUT2D eigenvalue weighted by Crippen LogP contribution is -2.11. The van der Waals surface area contributed by atoms with Crippen LogP contribution in [-0.2, 0) is 9.53 Å². The van der Waals surface area contributed by atoms with Gasteiger partial charge >= 0.3 is 5.97 Å². The second-order valence-electron chi connectivity index (χ2n) is 3.28. The molecule has 0 unspecified atom stereocenters. The Kier molecular flexibility index (Phi) is 5.43. The van der Waals surface area contributed by atoms with E-state index in [1.807, 2.05) is 6.92 Å². The second-order valence-corrected chi connectivity index (χ2v) is 3.28. The number of ether oxygens (including phenoxy) is 1. The van der Waals surface area contributed by atoms with Crippen LogP contribution in [0.2, 0.25) is 0 Å². The van der Waals surface area contributed by atoms with Gasteiger partial charge in [-0.15, -0.1) is 0 Å². The minimum atomic E-state index is -0.114. The van der Waals surface area contributed by atoms with Gasteiger partial charge in [-0.2, -0.15) is 0 Å². The maximum atomic E-state index is 10.9. The van der Waals surface area contributed by atoms with Crippen molar-refractivity contribution < 1.29 is 9.53 Å². The van der Waals surface area contributed by atoms with Gasteiger partial charge in [0.2, 0.25) is 0 Å². The van der Waals surface area contributed by atoms with Crippen LogP contribution in [0, 0.1) is 5.92 Å². The Hall–Kier alpha value is -0.790. The normalized spacial score (nSPS) is 12.0. The summed E-state index contributed by atoms with van der Waals surface area (Å²) in [6, 6.07) is 0. The van der Waals surface area contributed by atoms with Crippen LogP contribution in [-0.4, -0.2) is 13.1 Å². The van der Waals surface area contributed by atoms with Gasteiger partial charge in [-0.3, -0.25) is 4.79 Å². The molecule has 0 aromatic rings. The molecule has 0 N–H and O–H groups in total. The summed E-state index contributed by atoms with van der Waals surface area (Å²) in [5.41, 5.74) is 1.30. The van der Waals surface area contributed by atoms with E-state index in [1.54, 1.807) is 0 Å². The summed E-state index contributed by atoms with van der Waals surface area (Å²) in [7, 11) is 1.43. The number of esters is 1. The number of methoxy groups -OCH3 is 1. The zero-order chi connectivity index (χ0) is 9.56. The number of hydrogen-bond donors (Lipinski definition) is 0. The van der Waals surface area contributed by atoms with Gasteiger partial charge < -0.3 is 4.74 Å². The molecule has 0 saturated heterocycles. The zero-order valence-electron chi connectivity index (χ0n) is 8.39. The van der Waals surface area contributed by atoms with Crippen LogP contribution >= 0.6 is 0 Å². The van der Waals surface area contributed by atoms with Crippen LogP contribution < -0.4 is 0 Å². The van der Waals surface area contributed by atoms with Crippen molar-refractivity contribution in [1.29, 1.82) is 0 Å². The molecule has 1 atom stereocenters. The number of carbonyl (C=O) groups excluding carboxylic acids is 1. The Morgan fingerprint density at radius 1 is 1.50 bits per heavy atom. The number of allylic oxidation sites excluding steroid dienone is 2. The van der Waals surface area contributed by atoms with Crippen molar-refractivity contribution >= 4 is 5.97 Å². The van der Waals surface area contributed by atoms with Crippen LogP contribution in [0.5, 0.6) is 0 Å². The summed E-state index contributed by atoms with van der Waals surface area (Å²) >= 11 is 0. The molecule has 0 rings (SSSR count). The van der Waals surface area contributed by atoms with Gasteiger partial charge in [0, 0.05) is 0 Å². The van der Waals surface area contributed by atoms with Crippen molar-refractivity contribution in [2.24, 2.45) is 5.92 Å². The summed E-state index contributed by atoms with van der Waals surface area (Å²) in [5.74, 6) is -0.0947. The molecule has 12 heavy (non-hydrogen) atoms. The van der Waals surface area contributed by atoms with Crippen molar-refractivity contribution in [2.45, 2.75) is 33.6 Å².